The molecule has 0 atom stereocenters. The Morgan fingerprint density at radius 2 is 1.54 bits per heavy atom. The van der Waals surface area contributed by atoms with Crippen LogP contribution in [0.3, 0.4) is 0 Å². The summed E-state index contributed by atoms with van der Waals surface area (Å²) >= 11 is 0. The Morgan fingerprint density at radius 3 is 1.92 bits per heavy atom. The molecule has 0 N–H and O–H groups in total. The number of hydrogen-bond acceptors (Lipinski definition) is 0. The molecule has 0 spiro atoms. The van der Waals surface area contributed by atoms with E-state index in [-0.39, 0.29) is 0 Å². The Hall–Kier alpha value is -0.720. The Labute approximate surface area is 81.8 Å². The van der Waals surface area contributed by atoms with Crippen LogP contribution in [0.25, 0.3) is 0 Å². The number of rotatable bonds is 2. The molecule has 0 saturated carbocycles. The van der Waals surface area contributed by atoms with Gasteiger partial charge in [-0.25, -0.2) is 0 Å². The van der Waals surface area contributed by atoms with E-state index in [4.69, 9.17) is 0 Å². The maximum Gasteiger partial charge on any atom is 0.0229 e. The van der Waals surface area contributed by atoms with Crippen molar-refractivity contribution in [3.8, 4) is 0 Å². The highest BCUT2D eigenvalue weighted by Gasteiger charge is 2.11. The number of aryl methyl sites for hydroxylation is 2. The van der Waals surface area contributed by atoms with Crippen LogP contribution in [0.4, 0.5) is 0 Å². The Bertz CT molecular complexity index is 256. The predicted octanol–water partition coefficient (Wildman–Crippen LogP) is 3.54. The van der Waals surface area contributed by atoms with Gasteiger partial charge in [0.05, 0.1) is 0 Å². The molecule has 0 unspecified atom stereocenters. The molecule has 0 bridgehead atoms. The third-order valence-electron chi connectivity index (χ3n) is 2.50. The molecule has 1 rings (SSSR count). The van der Waals surface area contributed by atoms with E-state index in [9.17, 15) is 0 Å². The first-order chi connectivity index (χ1) is 5.90. The van der Waals surface area contributed by atoms with Gasteiger partial charge in [0.15, 0.2) is 0 Å². The van der Waals surface area contributed by atoms with Gasteiger partial charge in [0.25, 0.3) is 0 Å². The largest absolute Gasteiger partial charge is 0.349 e. The summed E-state index contributed by atoms with van der Waals surface area (Å²) in [5.74, 6) is 0. The molecular weight excluding hydrogens is 158 g/mol. The lowest BCUT2D eigenvalue weighted by molar-refractivity contribution is 0.347. The van der Waals surface area contributed by atoms with Crippen molar-refractivity contribution in [2.75, 3.05) is 0 Å². The molecule has 13 heavy (non-hydrogen) atoms. The molecule has 0 saturated heterocycles. The monoisotopic (exact) mass is 179 g/mol. The van der Waals surface area contributed by atoms with Crippen molar-refractivity contribution in [2.45, 2.75) is 47.6 Å². The highest BCUT2D eigenvalue weighted by molar-refractivity contribution is 5.13. The van der Waals surface area contributed by atoms with E-state index in [0.29, 0.717) is 5.41 Å². The van der Waals surface area contributed by atoms with Gasteiger partial charge in [0.2, 0.25) is 0 Å². The molecule has 1 aromatic heterocycles. The summed E-state index contributed by atoms with van der Waals surface area (Å²) in [4.78, 5) is 0. The maximum absolute atomic E-state index is 2.39. The van der Waals surface area contributed by atoms with Crippen LogP contribution in [0.1, 0.15) is 38.6 Å². The Balaban J connectivity index is 2.64. The highest BCUT2D eigenvalue weighted by Crippen LogP contribution is 2.20. The molecule has 0 fully saturated rings. The van der Waals surface area contributed by atoms with Crippen LogP contribution < -0.4 is 0 Å². The molecule has 0 aliphatic heterocycles. The average molecular weight is 179 g/mol. The second-order valence-electron chi connectivity index (χ2n) is 5.08. The van der Waals surface area contributed by atoms with E-state index in [1.807, 2.05) is 0 Å². The minimum absolute atomic E-state index is 0.434. The highest BCUT2D eigenvalue weighted by atomic mass is 15.0. The maximum atomic E-state index is 2.39. The lowest BCUT2D eigenvalue weighted by Gasteiger charge is -2.19. The van der Waals surface area contributed by atoms with Crippen molar-refractivity contribution in [1.29, 1.82) is 0 Å². The summed E-state index contributed by atoms with van der Waals surface area (Å²) in [5.41, 5.74) is 3.19. The van der Waals surface area contributed by atoms with Crippen LogP contribution in [0.2, 0.25) is 0 Å². The molecular formula is C12H21N. The van der Waals surface area contributed by atoms with Crippen LogP contribution in [-0.4, -0.2) is 4.57 Å². The zero-order valence-corrected chi connectivity index (χ0v) is 9.52. The smallest absolute Gasteiger partial charge is 0.0229 e. The van der Waals surface area contributed by atoms with Crippen molar-refractivity contribution < 1.29 is 0 Å². The Kier molecular flexibility index (Phi) is 2.84. The molecule has 0 aromatic carbocycles. The summed E-state index contributed by atoms with van der Waals surface area (Å²) < 4.78 is 2.39. The van der Waals surface area contributed by atoms with Crippen LogP contribution in [0.15, 0.2) is 12.1 Å². The predicted molar refractivity (Wildman–Crippen MR) is 58.0 cm³/mol. The van der Waals surface area contributed by atoms with Gasteiger partial charge in [-0.2, -0.15) is 0 Å². The fourth-order valence-corrected chi connectivity index (χ4v) is 1.50. The van der Waals surface area contributed by atoms with Gasteiger partial charge < -0.3 is 4.57 Å². The minimum Gasteiger partial charge on any atom is -0.349 e. The average Bonchev–Trinajstić information content (AvgIpc) is 2.27. The number of nitrogens with zero attached hydrogens (tertiary/aromatic N) is 1. The lowest BCUT2D eigenvalue weighted by atomic mass is 9.92. The van der Waals surface area contributed by atoms with Gasteiger partial charge in [0, 0.05) is 17.9 Å². The van der Waals surface area contributed by atoms with Crippen LogP contribution in [0, 0.1) is 19.3 Å². The second-order valence-corrected chi connectivity index (χ2v) is 5.08. The van der Waals surface area contributed by atoms with Gasteiger partial charge in [-0.05, 0) is 37.8 Å². The third kappa shape index (κ3) is 2.91. The minimum atomic E-state index is 0.434. The van der Waals surface area contributed by atoms with E-state index in [0.717, 1.165) is 6.54 Å². The summed E-state index contributed by atoms with van der Waals surface area (Å²) in [7, 11) is 0. The normalized spacial score (nSPS) is 12.1. The molecule has 1 heteroatoms. The fraction of sp³-hybridized carbons (Fsp3) is 0.667. The summed E-state index contributed by atoms with van der Waals surface area (Å²) in [5, 5.41) is 0. The van der Waals surface area contributed by atoms with Gasteiger partial charge in [0.1, 0.15) is 0 Å². The molecule has 0 radical (unpaired) electrons. The van der Waals surface area contributed by atoms with Crippen LogP contribution in [0.5, 0.6) is 0 Å². The number of aromatic nitrogens is 1. The van der Waals surface area contributed by atoms with Crippen molar-refractivity contribution in [3.63, 3.8) is 0 Å². The van der Waals surface area contributed by atoms with Gasteiger partial charge >= 0.3 is 0 Å². The van der Waals surface area contributed by atoms with Gasteiger partial charge in [-0.15, -0.1) is 0 Å². The zero-order chi connectivity index (χ0) is 10.1. The van der Waals surface area contributed by atoms with Gasteiger partial charge in [-0.3, -0.25) is 0 Å². The number of hydrogen-bond donors (Lipinski definition) is 0. The van der Waals surface area contributed by atoms with Crippen molar-refractivity contribution in [3.05, 3.63) is 23.5 Å². The molecule has 0 aliphatic rings. The summed E-state index contributed by atoms with van der Waals surface area (Å²) in [6.07, 6.45) is 1.24. The molecule has 74 valence electrons. The molecule has 1 heterocycles. The molecule has 0 amide bonds. The topological polar surface area (TPSA) is 4.93 Å². The van der Waals surface area contributed by atoms with E-state index in [2.05, 4.69) is 51.3 Å². The second kappa shape index (κ2) is 3.57. The summed E-state index contributed by atoms with van der Waals surface area (Å²) in [6.45, 7) is 12.4. The quantitative estimate of drug-likeness (QED) is 0.654. The van der Waals surface area contributed by atoms with E-state index >= 15 is 0 Å². The van der Waals surface area contributed by atoms with E-state index in [1.165, 1.54) is 17.8 Å². The van der Waals surface area contributed by atoms with Crippen molar-refractivity contribution in [1.82, 2.24) is 4.57 Å². The standard InChI is InChI=1S/C12H21N/c1-10-6-7-11(2)13(10)9-8-12(3,4)5/h6-7H,8-9H2,1-5H3. The molecule has 1 aromatic rings. The first kappa shape index (κ1) is 10.4. The lowest BCUT2D eigenvalue weighted by Crippen LogP contribution is -2.11. The zero-order valence-electron chi connectivity index (χ0n) is 9.52. The van der Waals surface area contributed by atoms with Crippen molar-refractivity contribution in [2.24, 2.45) is 5.41 Å². The molecule has 1 nitrogen and oxygen atoms in total. The van der Waals surface area contributed by atoms with Gasteiger partial charge in [-0.1, -0.05) is 20.8 Å². The Morgan fingerprint density at radius 1 is 1.08 bits per heavy atom. The van der Waals surface area contributed by atoms with E-state index in [1.54, 1.807) is 0 Å². The van der Waals surface area contributed by atoms with Crippen LogP contribution in [-0.2, 0) is 6.54 Å². The SMILES string of the molecule is Cc1ccc(C)n1CCC(C)(C)C. The molecule has 0 aliphatic carbocycles. The van der Waals surface area contributed by atoms with Crippen molar-refractivity contribution >= 4 is 0 Å². The van der Waals surface area contributed by atoms with Crippen LogP contribution >= 0.6 is 0 Å². The third-order valence-corrected chi connectivity index (χ3v) is 2.50. The fourth-order valence-electron chi connectivity index (χ4n) is 1.50. The summed E-state index contributed by atoms with van der Waals surface area (Å²) in [6, 6.07) is 4.38. The first-order valence-corrected chi connectivity index (χ1v) is 5.03. The van der Waals surface area contributed by atoms with E-state index < -0.39 is 0 Å². The first-order valence-electron chi connectivity index (χ1n) is 5.03.